The number of thiophene rings is 1. The highest BCUT2D eigenvalue weighted by Gasteiger charge is 2.11. The van der Waals surface area contributed by atoms with E-state index in [2.05, 4.69) is 0 Å². The molecule has 0 radical (unpaired) electrons. The lowest BCUT2D eigenvalue weighted by atomic mass is 10.0. The van der Waals surface area contributed by atoms with E-state index in [9.17, 15) is 4.79 Å². The highest BCUT2D eigenvalue weighted by Crippen LogP contribution is 2.22. The summed E-state index contributed by atoms with van der Waals surface area (Å²) in [5.74, 6) is 0.0312. The molecule has 0 bridgehead atoms. The fraction of sp³-hybridized carbons (Fsp3) is 0.154. The van der Waals surface area contributed by atoms with Gasteiger partial charge in [-0.15, -0.1) is 0 Å². The molecule has 0 fully saturated rings. The minimum absolute atomic E-state index is 0.0312. The van der Waals surface area contributed by atoms with Crippen LogP contribution < -0.4 is 0 Å². The van der Waals surface area contributed by atoms with Crippen LogP contribution in [0.5, 0.6) is 0 Å². The minimum Gasteiger partial charge on any atom is -0.294 e. The SMILES string of the molecule is O=C(CCc1ccsc1)c1cc(Cl)ccc1Cl. The van der Waals surface area contributed by atoms with Crippen LogP contribution in [0.25, 0.3) is 0 Å². The maximum Gasteiger partial charge on any atom is 0.164 e. The van der Waals surface area contributed by atoms with Gasteiger partial charge in [0.1, 0.15) is 0 Å². The molecule has 0 N–H and O–H groups in total. The number of rotatable bonds is 4. The van der Waals surface area contributed by atoms with E-state index >= 15 is 0 Å². The van der Waals surface area contributed by atoms with Gasteiger partial charge in [0, 0.05) is 17.0 Å². The van der Waals surface area contributed by atoms with Crippen molar-refractivity contribution in [3.05, 3.63) is 56.2 Å². The third-order valence-electron chi connectivity index (χ3n) is 2.45. The third kappa shape index (κ3) is 3.32. The second-order valence-electron chi connectivity index (χ2n) is 3.68. The Kier molecular flexibility index (Phi) is 4.21. The maximum atomic E-state index is 12.0. The molecule has 0 amide bonds. The van der Waals surface area contributed by atoms with E-state index in [4.69, 9.17) is 23.2 Å². The largest absolute Gasteiger partial charge is 0.294 e. The molecule has 0 saturated heterocycles. The lowest BCUT2D eigenvalue weighted by molar-refractivity contribution is 0.0983. The van der Waals surface area contributed by atoms with E-state index in [0.717, 1.165) is 6.42 Å². The highest BCUT2D eigenvalue weighted by molar-refractivity contribution is 7.07. The van der Waals surface area contributed by atoms with Crippen LogP contribution in [0.2, 0.25) is 10.0 Å². The van der Waals surface area contributed by atoms with Gasteiger partial charge < -0.3 is 0 Å². The quantitative estimate of drug-likeness (QED) is 0.732. The first-order valence-corrected chi connectivity index (χ1v) is 6.86. The first-order chi connectivity index (χ1) is 8.16. The van der Waals surface area contributed by atoms with Crippen LogP contribution in [-0.4, -0.2) is 5.78 Å². The Morgan fingerprint density at radius 3 is 2.76 bits per heavy atom. The molecule has 0 aliphatic carbocycles. The van der Waals surface area contributed by atoms with Crippen LogP contribution >= 0.6 is 34.5 Å². The lowest BCUT2D eigenvalue weighted by Gasteiger charge is -2.03. The summed E-state index contributed by atoms with van der Waals surface area (Å²) in [5.41, 5.74) is 1.69. The van der Waals surface area contributed by atoms with E-state index in [-0.39, 0.29) is 5.78 Å². The fourth-order valence-corrected chi connectivity index (χ4v) is 2.64. The summed E-state index contributed by atoms with van der Waals surface area (Å²) in [5, 5.41) is 5.05. The van der Waals surface area contributed by atoms with E-state index in [1.54, 1.807) is 29.5 Å². The number of aryl methyl sites for hydroxylation is 1. The molecule has 1 aromatic heterocycles. The van der Waals surface area contributed by atoms with Crippen LogP contribution in [0.3, 0.4) is 0 Å². The number of benzene rings is 1. The summed E-state index contributed by atoms with van der Waals surface area (Å²) in [6, 6.07) is 6.98. The van der Waals surface area contributed by atoms with Gasteiger partial charge in [-0.3, -0.25) is 4.79 Å². The van der Waals surface area contributed by atoms with E-state index in [1.807, 2.05) is 16.8 Å². The maximum absolute atomic E-state index is 12.0. The molecule has 0 aliphatic heterocycles. The molecule has 1 heterocycles. The summed E-state index contributed by atoms with van der Waals surface area (Å²) < 4.78 is 0. The van der Waals surface area contributed by atoms with Crippen LogP contribution in [-0.2, 0) is 6.42 Å². The average Bonchev–Trinajstić information content (AvgIpc) is 2.82. The second-order valence-corrected chi connectivity index (χ2v) is 5.30. The van der Waals surface area contributed by atoms with Crippen molar-refractivity contribution in [3.63, 3.8) is 0 Å². The Bertz CT molecular complexity index is 520. The van der Waals surface area contributed by atoms with Crippen LogP contribution in [0.4, 0.5) is 0 Å². The lowest BCUT2D eigenvalue weighted by Crippen LogP contribution is -2.01. The van der Waals surface area contributed by atoms with Crippen LogP contribution in [0.1, 0.15) is 22.3 Å². The number of hydrogen-bond donors (Lipinski definition) is 0. The molecule has 0 saturated carbocycles. The first kappa shape index (κ1) is 12.6. The van der Waals surface area contributed by atoms with Crippen molar-refractivity contribution in [2.24, 2.45) is 0 Å². The highest BCUT2D eigenvalue weighted by atomic mass is 35.5. The smallest absolute Gasteiger partial charge is 0.164 e. The van der Waals surface area contributed by atoms with Gasteiger partial charge in [0.2, 0.25) is 0 Å². The zero-order valence-electron chi connectivity index (χ0n) is 8.95. The van der Waals surface area contributed by atoms with Gasteiger partial charge >= 0.3 is 0 Å². The Morgan fingerprint density at radius 1 is 1.24 bits per heavy atom. The summed E-state index contributed by atoms with van der Waals surface area (Å²) in [7, 11) is 0. The number of hydrogen-bond acceptors (Lipinski definition) is 2. The first-order valence-electron chi connectivity index (χ1n) is 5.16. The number of ketones is 1. The summed E-state index contributed by atoms with van der Waals surface area (Å²) >= 11 is 13.5. The molecule has 0 spiro atoms. The van der Waals surface area contributed by atoms with Gasteiger partial charge in [0.05, 0.1) is 5.02 Å². The topological polar surface area (TPSA) is 17.1 Å². The molecule has 88 valence electrons. The molecule has 0 aliphatic rings. The predicted molar refractivity (Wildman–Crippen MR) is 73.4 cm³/mol. The molecule has 17 heavy (non-hydrogen) atoms. The Labute approximate surface area is 114 Å². The Hall–Kier alpha value is -0.830. The third-order valence-corrected chi connectivity index (χ3v) is 3.75. The van der Waals surface area contributed by atoms with Gasteiger partial charge in [0.25, 0.3) is 0 Å². The van der Waals surface area contributed by atoms with Gasteiger partial charge in [-0.25, -0.2) is 0 Å². The van der Waals surface area contributed by atoms with Gasteiger partial charge in [0.15, 0.2) is 5.78 Å². The van der Waals surface area contributed by atoms with Crippen LogP contribution in [0, 0.1) is 0 Å². The normalized spacial score (nSPS) is 10.5. The summed E-state index contributed by atoms with van der Waals surface area (Å²) in [4.78, 5) is 12.0. The van der Waals surface area contributed by atoms with Crippen molar-refractivity contribution in [2.75, 3.05) is 0 Å². The molecule has 0 unspecified atom stereocenters. The van der Waals surface area contributed by atoms with Crippen molar-refractivity contribution in [1.82, 2.24) is 0 Å². The Morgan fingerprint density at radius 2 is 2.06 bits per heavy atom. The predicted octanol–water partition coefficient (Wildman–Crippen LogP) is 4.87. The average molecular weight is 285 g/mol. The molecular weight excluding hydrogens is 275 g/mol. The Balaban J connectivity index is 2.07. The van der Waals surface area contributed by atoms with Gasteiger partial charge in [-0.1, -0.05) is 23.2 Å². The van der Waals surface area contributed by atoms with Crippen LogP contribution in [0.15, 0.2) is 35.0 Å². The van der Waals surface area contributed by atoms with Crippen molar-refractivity contribution >= 4 is 40.3 Å². The number of carbonyl (C=O) groups is 1. The standard InChI is InChI=1S/C13H10Cl2OS/c14-10-2-3-12(15)11(7-10)13(16)4-1-9-5-6-17-8-9/h2-3,5-8H,1,4H2. The van der Waals surface area contributed by atoms with E-state index < -0.39 is 0 Å². The molecule has 0 atom stereocenters. The number of halogens is 2. The van der Waals surface area contributed by atoms with Crippen molar-refractivity contribution in [3.8, 4) is 0 Å². The second kappa shape index (κ2) is 5.67. The van der Waals surface area contributed by atoms with Crippen molar-refractivity contribution < 1.29 is 4.79 Å². The number of Topliss-reactive ketones (excluding diaryl/α,β-unsaturated/α-hetero) is 1. The van der Waals surface area contributed by atoms with E-state index in [1.165, 1.54) is 5.56 Å². The molecule has 1 aromatic carbocycles. The number of carbonyl (C=O) groups excluding carboxylic acids is 1. The molecule has 4 heteroatoms. The zero-order chi connectivity index (χ0) is 12.3. The van der Waals surface area contributed by atoms with Gasteiger partial charge in [-0.2, -0.15) is 11.3 Å². The summed E-state index contributed by atoms with van der Waals surface area (Å²) in [6.07, 6.45) is 1.20. The van der Waals surface area contributed by atoms with Gasteiger partial charge in [-0.05, 0) is 47.0 Å². The summed E-state index contributed by atoms with van der Waals surface area (Å²) in [6.45, 7) is 0. The molecule has 1 nitrogen and oxygen atoms in total. The van der Waals surface area contributed by atoms with Crippen molar-refractivity contribution in [2.45, 2.75) is 12.8 Å². The van der Waals surface area contributed by atoms with E-state index in [0.29, 0.717) is 22.0 Å². The molecule has 2 rings (SSSR count). The zero-order valence-corrected chi connectivity index (χ0v) is 11.3. The monoisotopic (exact) mass is 284 g/mol. The molecular formula is C13H10Cl2OS. The minimum atomic E-state index is 0.0312. The van der Waals surface area contributed by atoms with Crippen molar-refractivity contribution in [1.29, 1.82) is 0 Å². The molecule has 2 aromatic rings. The fourth-order valence-electron chi connectivity index (χ4n) is 1.54.